The summed E-state index contributed by atoms with van der Waals surface area (Å²) in [6, 6.07) is 5.89. The second-order valence-electron chi connectivity index (χ2n) is 6.09. The van der Waals surface area contributed by atoms with Crippen LogP contribution in [0.1, 0.15) is 23.7 Å². The van der Waals surface area contributed by atoms with E-state index in [0.717, 1.165) is 0 Å². The molecule has 142 valence electrons. The highest BCUT2D eigenvalue weighted by atomic mass is 32.2. The lowest BCUT2D eigenvalue weighted by Crippen LogP contribution is -2.40. The number of benzene rings is 1. The average molecular weight is 383 g/mol. The molecule has 2 rings (SSSR count). The summed E-state index contributed by atoms with van der Waals surface area (Å²) in [4.78, 5) is 36.2. The van der Waals surface area contributed by atoms with Gasteiger partial charge in [-0.05, 0) is 37.6 Å². The number of ketones is 1. The molecule has 0 aliphatic carbocycles. The lowest BCUT2D eigenvalue weighted by atomic mass is 10.1. The normalized spacial score (nSPS) is 18.2. The van der Waals surface area contributed by atoms with Crippen LogP contribution in [0, 0.1) is 0 Å². The van der Waals surface area contributed by atoms with Gasteiger partial charge in [-0.2, -0.15) is 0 Å². The van der Waals surface area contributed by atoms with Crippen molar-refractivity contribution in [3.63, 3.8) is 0 Å². The van der Waals surface area contributed by atoms with Crippen molar-refractivity contribution in [2.75, 3.05) is 31.8 Å². The third kappa shape index (κ3) is 5.55. The second kappa shape index (κ2) is 8.31. The lowest BCUT2D eigenvalue weighted by Gasteiger charge is -2.23. The van der Waals surface area contributed by atoms with Gasteiger partial charge in [-0.15, -0.1) is 0 Å². The van der Waals surface area contributed by atoms with Gasteiger partial charge in [0.1, 0.15) is 5.75 Å². The Kier molecular flexibility index (Phi) is 6.36. The molecule has 1 aliphatic heterocycles. The van der Waals surface area contributed by atoms with Crippen molar-refractivity contribution >= 4 is 27.5 Å². The summed E-state index contributed by atoms with van der Waals surface area (Å²) >= 11 is 0. The maximum Gasteiger partial charge on any atom is 0.344 e. The first-order valence-corrected chi connectivity index (χ1v) is 9.85. The molecule has 8 nitrogen and oxygen atoms in total. The van der Waals surface area contributed by atoms with Crippen molar-refractivity contribution in [3.8, 4) is 5.75 Å². The number of esters is 1. The fraction of sp³-hybridized carbons (Fsp3) is 0.471. The number of sulfone groups is 1. The Morgan fingerprint density at radius 1 is 1.15 bits per heavy atom. The second-order valence-corrected chi connectivity index (χ2v) is 8.32. The number of likely N-dealkylation sites (N-methyl/N-ethyl adjacent to an activating group) is 1. The molecular formula is C17H21NO7S. The quantitative estimate of drug-likeness (QED) is 0.497. The molecule has 0 spiro atoms. The van der Waals surface area contributed by atoms with Gasteiger partial charge in [0, 0.05) is 18.7 Å². The van der Waals surface area contributed by atoms with E-state index in [9.17, 15) is 22.8 Å². The van der Waals surface area contributed by atoms with Crippen LogP contribution in [-0.2, 0) is 24.2 Å². The van der Waals surface area contributed by atoms with E-state index in [1.807, 2.05) is 0 Å². The fourth-order valence-electron chi connectivity index (χ4n) is 2.50. The minimum Gasteiger partial charge on any atom is -0.482 e. The summed E-state index contributed by atoms with van der Waals surface area (Å²) in [5.74, 6) is -0.874. The first-order chi connectivity index (χ1) is 12.2. The van der Waals surface area contributed by atoms with Gasteiger partial charge in [0.05, 0.1) is 11.5 Å². The van der Waals surface area contributed by atoms with Gasteiger partial charge in [-0.25, -0.2) is 13.2 Å². The zero-order valence-corrected chi connectivity index (χ0v) is 15.5. The van der Waals surface area contributed by atoms with E-state index in [2.05, 4.69) is 0 Å². The predicted molar refractivity (Wildman–Crippen MR) is 92.7 cm³/mol. The molecule has 1 aromatic carbocycles. The molecule has 1 atom stereocenters. The predicted octanol–water partition coefficient (Wildman–Crippen LogP) is 0.457. The summed E-state index contributed by atoms with van der Waals surface area (Å²) in [7, 11) is -1.60. The molecule has 1 amide bonds. The SMILES string of the molecule is CC(=O)c1ccc(OCC(=O)OCC(=O)N(C)[C@H]2CCS(=O)(=O)C2)cc1. The maximum atomic E-state index is 12.0. The standard InChI is InChI=1S/C17H21NO7S/c1-12(19)13-3-5-15(6-4-13)24-10-17(21)25-9-16(20)18(2)14-7-8-26(22,23)11-14/h3-6,14H,7-11H2,1-2H3/t14-/m0/s1. The van der Waals surface area contributed by atoms with Crippen molar-refractivity contribution in [3.05, 3.63) is 29.8 Å². The van der Waals surface area contributed by atoms with Crippen LogP contribution in [0.4, 0.5) is 0 Å². The van der Waals surface area contributed by atoms with Crippen LogP contribution in [0.2, 0.25) is 0 Å². The molecule has 1 saturated heterocycles. The highest BCUT2D eigenvalue weighted by Gasteiger charge is 2.32. The Morgan fingerprint density at radius 2 is 1.81 bits per heavy atom. The number of hydrogen-bond donors (Lipinski definition) is 0. The van der Waals surface area contributed by atoms with E-state index in [1.54, 1.807) is 24.3 Å². The van der Waals surface area contributed by atoms with Crippen molar-refractivity contribution in [1.29, 1.82) is 0 Å². The Balaban J connectivity index is 1.74. The summed E-state index contributed by atoms with van der Waals surface area (Å²) in [5, 5.41) is 0. The molecular weight excluding hydrogens is 362 g/mol. The van der Waals surface area contributed by atoms with E-state index < -0.39 is 28.3 Å². The fourth-order valence-corrected chi connectivity index (χ4v) is 4.27. The molecule has 0 aromatic heterocycles. The van der Waals surface area contributed by atoms with E-state index in [0.29, 0.717) is 17.7 Å². The first-order valence-electron chi connectivity index (χ1n) is 8.03. The highest BCUT2D eigenvalue weighted by molar-refractivity contribution is 7.91. The molecule has 1 heterocycles. The summed E-state index contributed by atoms with van der Waals surface area (Å²) in [6.45, 7) is 0.592. The van der Waals surface area contributed by atoms with Crippen LogP contribution in [-0.4, -0.2) is 68.8 Å². The van der Waals surface area contributed by atoms with E-state index in [1.165, 1.54) is 18.9 Å². The van der Waals surface area contributed by atoms with Crippen LogP contribution in [0.25, 0.3) is 0 Å². The number of rotatable bonds is 7. The number of nitrogens with zero attached hydrogens (tertiary/aromatic N) is 1. The average Bonchev–Trinajstić information content (AvgIpc) is 2.97. The smallest absolute Gasteiger partial charge is 0.344 e. The third-order valence-corrected chi connectivity index (χ3v) is 5.87. The zero-order chi connectivity index (χ0) is 19.3. The molecule has 1 aromatic rings. The molecule has 0 bridgehead atoms. The molecule has 0 N–H and O–H groups in total. The third-order valence-electron chi connectivity index (χ3n) is 4.12. The molecule has 9 heteroatoms. The molecule has 1 aliphatic rings. The molecule has 26 heavy (non-hydrogen) atoms. The summed E-state index contributed by atoms with van der Waals surface area (Å²) in [6.07, 6.45) is 0.387. The van der Waals surface area contributed by atoms with Crippen molar-refractivity contribution < 1.29 is 32.3 Å². The van der Waals surface area contributed by atoms with Gasteiger partial charge in [0.2, 0.25) is 0 Å². The molecule has 0 radical (unpaired) electrons. The van der Waals surface area contributed by atoms with Gasteiger partial charge < -0.3 is 14.4 Å². The van der Waals surface area contributed by atoms with Crippen LogP contribution >= 0.6 is 0 Å². The van der Waals surface area contributed by atoms with Crippen molar-refractivity contribution in [2.45, 2.75) is 19.4 Å². The van der Waals surface area contributed by atoms with Crippen LogP contribution in [0.3, 0.4) is 0 Å². The van der Waals surface area contributed by atoms with Crippen LogP contribution in [0.15, 0.2) is 24.3 Å². The zero-order valence-electron chi connectivity index (χ0n) is 14.6. The minimum absolute atomic E-state index is 0.0608. The first kappa shape index (κ1) is 19.9. The molecule has 0 unspecified atom stereocenters. The number of amides is 1. The molecule has 1 fully saturated rings. The number of ether oxygens (including phenoxy) is 2. The van der Waals surface area contributed by atoms with Gasteiger partial charge >= 0.3 is 5.97 Å². The number of Topliss-reactive ketones (excluding diaryl/α,β-unsaturated/α-hetero) is 1. The number of carbonyl (C=O) groups is 3. The van der Waals surface area contributed by atoms with Crippen molar-refractivity contribution in [1.82, 2.24) is 4.90 Å². The van der Waals surface area contributed by atoms with Gasteiger partial charge in [-0.3, -0.25) is 9.59 Å². The number of hydrogen-bond acceptors (Lipinski definition) is 7. The maximum absolute atomic E-state index is 12.0. The largest absolute Gasteiger partial charge is 0.482 e. The highest BCUT2D eigenvalue weighted by Crippen LogP contribution is 2.16. The van der Waals surface area contributed by atoms with E-state index in [4.69, 9.17) is 9.47 Å². The monoisotopic (exact) mass is 383 g/mol. The van der Waals surface area contributed by atoms with E-state index in [-0.39, 0.29) is 29.9 Å². The summed E-state index contributed by atoms with van der Waals surface area (Å²) in [5.41, 5.74) is 0.530. The summed E-state index contributed by atoms with van der Waals surface area (Å²) < 4.78 is 33.0. The minimum atomic E-state index is -3.10. The van der Waals surface area contributed by atoms with Crippen LogP contribution < -0.4 is 4.74 Å². The lowest BCUT2D eigenvalue weighted by molar-refractivity contribution is -0.153. The Morgan fingerprint density at radius 3 is 2.35 bits per heavy atom. The Labute approximate surface area is 152 Å². The van der Waals surface area contributed by atoms with Crippen molar-refractivity contribution in [2.24, 2.45) is 0 Å². The molecule has 0 saturated carbocycles. The number of carbonyl (C=O) groups excluding carboxylic acids is 3. The van der Waals surface area contributed by atoms with Gasteiger partial charge in [0.15, 0.2) is 28.8 Å². The van der Waals surface area contributed by atoms with Gasteiger partial charge in [0.25, 0.3) is 5.91 Å². The Bertz CT molecular complexity index is 786. The topological polar surface area (TPSA) is 107 Å². The van der Waals surface area contributed by atoms with Gasteiger partial charge in [-0.1, -0.05) is 0 Å². The van der Waals surface area contributed by atoms with Crippen LogP contribution in [0.5, 0.6) is 5.75 Å². The Hall–Kier alpha value is -2.42. The van der Waals surface area contributed by atoms with E-state index >= 15 is 0 Å².